The summed E-state index contributed by atoms with van der Waals surface area (Å²) >= 11 is 0. The Morgan fingerprint density at radius 1 is 1.43 bits per heavy atom. The molecule has 0 unspecified atom stereocenters. The predicted molar refractivity (Wildman–Crippen MR) is 76.9 cm³/mol. The number of carbonyl (C=O) groups excluding carboxylic acids is 1. The van der Waals surface area contributed by atoms with Crippen molar-refractivity contribution in [2.75, 3.05) is 19.7 Å². The second-order valence-electron chi connectivity index (χ2n) is 6.61. The Morgan fingerprint density at radius 3 is 3.00 bits per heavy atom. The van der Waals surface area contributed by atoms with E-state index in [-0.39, 0.29) is 11.9 Å². The van der Waals surface area contributed by atoms with E-state index >= 15 is 0 Å². The molecule has 3 aliphatic rings. The fraction of sp³-hybridized carbons (Fsp3) is 0.733. The number of imidazole rings is 1. The molecule has 1 aromatic rings. The van der Waals surface area contributed by atoms with Gasteiger partial charge >= 0.3 is 0 Å². The molecule has 1 saturated carbocycles. The van der Waals surface area contributed by atoms with E-state index < -0.39 is 0 Å². The van der Waals surface area contributed by atoms with Gasteiger partial charge in [0.05, 0.1) is 25.2 Å². The molecule has 21 heavy (non-hydrogen) atoms. The molecule has 1 amide bonds. The first-order chi connectivity index (χ1) is 10.2. The van der Waals surface area contributed by atoms with Crippen LogP contribution in [0.25, 0.3) is 0 Å². The van der Waals surface area contributed by atoms with Crippen molar-refractivity contribution >= 4 is 5.91 Å². The summed E-state index contributed by atoms with van der Waals surface area (Å²) in [6, 6.07) is 0.691. The van der Waals surface area contributed by atoms with Crippen LogP contribution < -0.4 is 5.32 Å². The molecule has 2 aliphatic heterocycles. The molecule has 3 fully saturated rings. The van der Waals surface area contributed by atoms with E-state index in [4.69, 9.17) is 4.74 Å². The van der Waals surface area contributed by atoms with E-state index in [1.54, 1.807) is 17.1 Å². The predicted octanol–water partition coefficient (Wildman–Crippen LogP) is 0.402. The first-order valence-electron chi connectivity index (χ1n) is 7.83. The Morgan fingerprint density at radius 2 is 2.29 bits per heavy atom. The third-order valence-electron chi connectivity index (χ3n) is 4.98. The molecule has 1 aliphatic carbocycles. The van der Waals surface area contributed by atoms with Crippen LogP contribution in [0.1, 0.15) is 29.8 Å². The topological polar surface area (TPSA) is 59.4 Å². The highest BCUT2D eigenvalue weighted by Crippen LogP contribution is 2.37. The average molecular weight is 290 g/mol. The average Bonchev–Trinajstić information content (AvgIpc) is 3.10. The van der Waals surface area contributed by atoms with E-state index in [0.717, 1.165) is 32.0 Å². The molecule has 6 heteroatoms. The van der Waals surface area contributed by atoms with Gasteiger partial charge in [0.15, 0.2) is 0 Å². The van der Waals surface area contributed by atoms with Crippen molar-refractivity contribution in [2.24, 2.45) is 13.0 Å². The fourth-order valence-electron chi connectivity index (χ4n) is 3.59. The summed E-state index contributed by atoms with van der Waals surface area (Å²) in [6.45, 7) is 2.80. The number of nitrogens with one attached hydrogen (secondary N) is 1. The van der Waals surface area contributed by atoms with E-state index in [9.17, 15) is 4.79 Å². The van der Waals surface area contributed by atoms with Crippen molar-refractivity contribution in [3.05, 3.63) is 18.2 Å². The Hall–Kier alpha value is -1.40. The molecule has 4 rings (SSSR count). The third kappa shape index (κ3) is 2.58. The van der Waals surface area contributed by atoms with Gasteiger partial charge in [0.25, 0.3) is 5.91 Å². The number of aryl methyl sites for hydroxylation is 1. The van der Waals surface area contributed by atoms with Crippen LogP contribution >= 0.6 is 0 Å². The summed E-state index contributed by atoms with van der Waals surface area (Å²) in [5, 5.41) is 3.14. The lowest BCUT2D eigenvalue weighted by Crippen LogP contribution is -2.47. The third-order valence-corrected chi connectivity index (χ3v) is 4.98. The van der Waals surface area contributed by atoms with E-state index in [0.29, 0.717) is 17.8 Å². The zero-order valence-corrected chi connectivity index (χ0v) is 12.4. The normalized spacial score (nSPS) is 32.9. The maximum absolute atomic E-state index is 12.2. The molecule has 0 radical (unpaired) electrons. The molecule has 6 nitrogen and oxygen atoms in total. The zero-order valence-electron chi connectivity index (χ0n) is 12.4. The Bertz CT molecular complexity index is 540. The quantitative estimate of drug-likeness (QED) is 0.875. The smallest absolute Gasteiger partial charge is 0.269 e. The first-order valence-corrected chi connectivity index (χ1v) is 7.83. The second kappa shape index (κ2) is 5.10. The molecule has 3 atom stereocenters. The first kappa shape index (κ1) is 13.3. The number of aromatic nitrogens is 2. The largest absolute Gasteiger partial charge is 0.375 e. The molecule has 1 aromatic heterocycles. The Kier molecular flexibility index (Phi) is 3.23. The fourth-order valence-corrected chi connectivity index (χ4v) is 3.59. The highest BCUT2D eigenvalue weighted by atomic mass is 16.5. The molecule has 0 bridgehead atoms. The molecule has 0 aromatic carbocycles. The summed E-state index contributed by atoms with van der Waals surface area (Å²) < 4.78 is 7.75. The number of carbonyl (C=O) groups is 1. The number of fused-ring (bicyclic) bond motifs is 1. The van der Waals surface area contributed by atoms with Crippen molar-refractivity contribution in [3.8, 4) is 0 Å². The summed E-state index contributed by atoms with van der Waals surface area (Å²) in [6.07, 6.45) is 7.33. The van der Waals surface area contributed by atoms with Crippen LogP contribution in [-0.2, 0) is 11.8 Å². The number of hydrogen-bond donors (Lipinski definition) is 1. The van der Waals surface area contributed by atoms with Crippen LogP contribution in [0.2, 0.25) is 0 Å². The van der Waals surface area contributed by atoms with E-state index in [2.05, 4.69) is 15.2 Å². The monoisotopic (exact) mass is 290 g/mol. The van der Waals surface area contributed by atoms with Gasteiger partial charge in [-0.3, -0.25) is 9.69 Å². The number of ether oxygens (including phenoxy) is 1. The second-order valence-corrected chi connectivity index (χ2v) is 6.61. The number of amides is 1. The Labute approximate surface area is 124 Å². The van der Waals surface area contributed by atoms with E-state index in [1.165, 1.54) is 12.8 Å². The van der Waals surface area contributed by atoms with Crippen LogP contribution in [0, 0.1) is 5.92 Å². The molecule has 3 heterocycles. The number of rotatable bonds is 3. The molecular formula is C15H22N4O2. The molecular weight excluding hydrogens is 268 g/mol. The van der Waals surface area contributed by atoms with Gasteiger partial charge in [-0.25, -0.2) is 4.98 Å². The van der Waals surface area contributed by atoms with Crippen molar-refractivity contribution in [3.63, 3.8) is 0 Å². The maximum atomic E-state index is 12.2. The van der Waals surface area contributed by atoms with Gasteiger partial charge in [0.1, 0.15) is 5.69 Å². The van der Waals surface area contributed by atoms with Gasteiger partial charge in [-0.05, 0) is 25.2 Å². The van der Waals surface area contributed by atoms with E-state index in [1.807, 2.05) is 7.05 Å². The van der Waals surface area contributed by atoms with Gasteiger partial charge < -0.3 is 14.6 Å². The van der Waals surface area contributed by atoms with Gasteiger partial charge in [0, 0.05) is 32.2 Å². The maximum Gasteiger partial charge on any atom is 0.269 e. The molecule has 0 spiro atoms. The van der Waals surface area contributed by atoms with Crippen LogP contribution in [-0.4, -0.2) is 58.2 Å². The summed E-state index contributed by atoms with van der Waals surface area (Å²) in [4.78, 5) is 18.7. The van der Waals surface area contributed by atoms with Gasteiger partial charge in [-0.15, -0.1) is 0 Å². The minimum Gasteiger partial charge on any atom is -0.375 e. The van der Waals surface area contributed by atoms with Crippen molar-refractivity contribution in [1.82, 2.24) is 19.8 Å². The molecule has 2 saturated heterocycles. The lowest BCUT2D eigenvalue weighted by molar-refractivity contribution is -0.0581. The zero-order chi connectivity index (χ0) is 14.4. The SMILES string of the molecule is Cn1cncc1C(=O)N[C@H]1C[C@H]2CO[C@H](C3CC3)CN2C1. The van der Waals surface area contributed by atoms with Crippen molar-refractivity contribution < 1.29 is 9.53 Å². The van der Waals surface area contributed by atoms with Crippen molar-refractivity contribution in [2.45, 2.75) is 37.5 Å². The minimum absolute atomic E-state index is 0.0282. The number of morpholine rings is 1. The minimum atomic E-state index is -0.0282. The highest BCUT2D eigenvalue weighted by Gasteiger charge is 2.42. The van der Waals surface area contributed by atoms with Gasteiger partial charge in [-0.2, -0.15) is 0 Å². The van der Waals surface area contributed by atoms with Crippen LogP contribution in [0.4, 0.5) is 0 Å². The van der Waals surface area contributed by atoms with Gasteiger partial charge in [0.2, 0.25) is 0 Å². The Balaban J connectivity index is 1.36. The standard InChI is InChI=1S/C15H22N4O2/c1-18-9-16-5-13(18)15(20)17-11-4-12-8-21-14(10-2-3-10)7-19(12)6-11/h5,9-12,14H,2-4,6-8H2,1H3,(H,17,20)/t11-,12-,14-/m0/s1. The molecule has 114 valence electrons. The van der Waals surface area contributed by atoms with Crippen LogP contribution in [0.15, 0.2) is 12.5 Å². The summed E-state index contributed by atoms with van der Waals surface area (Å²) in [5.41, 5.74) is 0.618. The number of nitrogens with zero attached hydrogens (tertiary/aromatic N) is 3. The summed E-state index contributed by atoms with van der Waals surface area (Å²) in [7, 11) is 1.84. The van der Waals surface area contributed by atoms with Crippen LogP contribution in [0.3, 0.4) is 0 Å². The summed E-state index contributed by atoms with van der Waals surface area (Å²) in [5.74, 6) is 0.758. The highest BCUT2D eigenvalue weighted by molar-refractivity contribution is 5.92. The van der Waals surface area contributed by atoms with Crippen molar-refractivity contribution in [1.29, 1.82) is 0 Å². The van der Waals surface area contributed by atoms with Crippen LogP contribution in [0.5, 0.6) is 0 Å². The lowest BCUT2D eigenvalue weighted by atomic mass is 10.1. The van der Waals surface area contributed by atoms with Gasteiger partial charge in [-0.1, -0.05) is 0 Å². The lowest BCUT2D eigenvalue weighted by Gasteiger charge is -2.35. The number of hydrogen-bond acceptors (Lipinski definition) is 4. The molecule has 1 N–H and O–H groups in total.